The molecule has 3 aromatic rings. The van der Waals surface area contributed by atoms with Crippen molar-refractivity contribution in [2.24, 2.45) is 0 Å². The van der Waals surface area contributed by atoms with Crippen molar-refractivity contribution in [3.63, 3.8) is 0 Å². The lowest BCUT2D eigenvalue weighted by Crippen LogP contribution is -2.52. The summed E-state index contributed by atoms with van der Waals surface area (Å²) in [6.07, 6.45) is 1.18. The molecule has 0 aliphatic heterocycles. The highest BCUT2D eigenvalue weighted by atomic mass is 35.5. The van der Waals surface area contributed by atoms with Crippen molar-refractivity contribution in [2.45, 2.75) is 51.7 Å². The van der Waals surface area contributed by atoms with E-state index in [9.17, 15) is 9.59 Å². The van der Waals surface area contributed by atoms with Crippen molar-refractivity contribution in [3.05, 3.63) is 105 Å². The highest BCUT2D eigenvalue weighted by molar-refractivity contribution is 6.35. The van der Waals surface area contributed by atoms with Gasteiger partial charge in [0.25, 0.3) is 0 Å². The van der Waals surface area contributed by atoms with E-state index < -0.39 is 6.04 Å². The maximum atomic E-state index is 13.8. The Bertz CT molecular complexity index is 1150. The third-order valence-electron chi connectivity index (χ3n) is 5.93. The van der Waals surface area contributed by atoms with E-state index in [2.05, 4.69) is 5.32 Å². The fourth-order valence-electron chi connectivity index (χ4n) is 3.73. The van der Waals surface area contributed by atoms with Gasteiger partial charge in [0.1, 0.15) is 6.04 Å². The molecule has 0 aromatic heterocycles. The van der Waals surface area contributed by atoms with Crippen LogP contribution in [-0.2, 0) is 29.0 Å². The first kappa shape index (κ1) is 27.1. The number of carbonyl (C=O) groups excluding carboxylic acids is 2. The van der Waals surface area contributed by atoms with E-state index in [0.29, 0.717) is 27.1 Å². The van der Waals surface area contributed by atoms with Crippen molar-refractivity contribution in [2.75, 3.05) is 0 Å². The molecular weight excluding hydrogens is 503 g/mol. The predicted molar refractivity (Wildman–Crippen MR) is 144 cm³/mol. The van der Waals surface area contributed by atoms with E-state index in [4.69, 9.17) is 34.8 Å². The number of halogens is 3. The predicted octanol–water partition coefficient (Wildman–Crippen LogP) is 6.74. The zero-order chi connectivity index (χ0) is 25.4. The van der Waals surface area contributed by atoms with Crippen LogP contribution in [0.4, 0.5) is 0 Å². The van der Waals surface area contributed by atoms with Crippen LogP contribution < -0.4 is 5.32 Å². The number of rotatable bonds is 10. The molecule has 0 bridgehead atoms. The first-order valence-corrected chi connectivity index (χ1v) is 12.7. The van der Waals surface area contributed by atoms with Crippen molar-refractivity contribution < 1.29 is 9.59 Å². The van der Waals surface area contributed by atoms with Crippen LogP contribution in [0.15, 0.2) is 72.8 Å². The molecule has 1 N–H and O–H groups in total. The molecule has 0 saturated heterocycles. The van der Waals surface area contributed by atoms with Gasteiger partial charge in [-0.1, -0.05) is 96.3 Å². The number of carbonyl (C=O) groups is 2. The van der Waals surface area contributed by atoms with Crippen LogP contribution in [0.3, 0.4) is 0 Å². The average molecular weight is 532 g/mol. The fourth-order valence-corrected chi connectivity index (χ4v) is 4.41. The fraction of sp³-hybridized carbons (Fsp3) is 0.286. The van der Waals surface area contributed by atoms with Gasteiger partial charge in [0.2, 0.25) is 11.8 Å². The van der Waals surface area contributed by atoms with Gasteiger partial charge in [0.05, 0.1) is 6.42 Å². The van der Waals surface area contributed by atoms with E-state index >= 15 is 0 Å². The Morgan fingerprint density at radius 2 is 1.57 bits per heavy atom. The molecule has 35 heavy (non-hydrogen) atoms. The van der Waals surface area contributed by atoms with Crippen LogP contribution in [0, 0.1) is 0 Å². The molecule has 0 spiro atoms. The van der Waals surface area contributed by atoms with E-state index in [-0.39, 0.29) is 30.8 Å². The van der Waals surface area contributed by atoms with Gasteiger partial charge in [-0.3, -0.25) is 9.59 Å². The number of hydrogen-bond acceptors (Lipinski definition) is 2. The van der Waals surface area contributed by atoms with Gasteiger partial charge < -0.3 is 10.2 Å². The molecule has 7 heteroatoms. The molecule has 2 amide bonds. The molecule has 4 nitrogen and oxygen atoms in total. The van der Waals surface area contributed by atoms with Crippen molar-refractivity contribution in [3.8, 4) is 0 Å². The second kappa shape index (κ2) is 13.0. The lowest BCUT2D eigenvalue weighted by Gasteiger charge is -2.32. The molecular formula is C28H29Cl3N2O2. The van der Waals surface area contributed by atoms with E-state index in [1.54, 1.807) is 29.2 Å². The van der Waals surface area contributed by atoms with E-state index in [1.165, 1.54) is 0 Å². The molecule has 0 heterocycles. The van der Waals surface area contributed by atoms with Crippen LogP contribution >= 0.6 is 34.8 Å². The topological polar surface area (TPSA) is 49.4 Å². The standard InChI is InChI=1S/C28H29Cl3N2O2/c1-3-19(2)32-28(35)26(15-20-9-5-4-6-10-20)33(18-22-11-7-8-12-24(22)30)27(34)16-21-13-14-23(29)17-25(21)31/h4-14,17,19,26H,3,15-16,18H2,1-2H3,(H,32,35)/t19-,26-/m0/s1. The highest BCUT2D eigenvalue weighted by Gasteiger charge is 2.31. The Hall–Kier alpha value is -2.53. The Morgan fingerprint density at radius 1 is 0.886 bits per heavy atom. The molecule has 3 rings (SSSR count). The van der Waals surface area contributed by atoms with Crippen molar-refractivity contribution >= 4 is 46.6 Å². The quantitative estimate of drug-likeness (QED) is 0.315. The van der Waals surface area contributed by atoms with Crippen LogP contribution in [0.5, 0.6) is 0 Å². The summed E-state index contributed by atoms with van der Waals surface area (Å²) in [6.45, 7) is 4.15. The summed E-state index contributed by atoms with van der Waals surface area (Å²) >= 11 is 18.9. The monoisotopic (exact) mass is 530 g/mol. The Labute approximate surface area is 222 Å². The van der Waals surface area contributed by atoms with Crippen LogP contribution in [0.25, 0.3) is 0 Å². The lowest BCUT2D eigenvalue weighted by molar-refractivity contribution is -0.141. The van der Waals surface area contributed by atoms with Crippen molar-refractivity contribution in [1.82, 2.24) is 10.2 Å². The Morgan fingerprint density at radius 3 is 2.23 bits per heavy atom. The van der Waals surface area contributed by atoms with E-state index in [1.807, 2.05) is 62.4 Å². The first-order valence-electron chi connectivity index (χ1n) is 11.6. The summed E-state index contributed by atoms with van der Waals surface area (Å²) < 4.78 is 0. The van der Waals surface area contributed by atoms with Gasteiger partial charge in [0.15, 0.2) is 0 Å². The molecule has 0 radical (unpaired) electrons. The first-order chi connectivity index (χ1) is 16.8. The number of nitrogens with zero attached hydrogens (tertiary/aromatic N) is 1. The molecule has 2 atom stereocenters. The summed E-state index contributed by atoms with van der Waals surface area (Å²) in [6, 6.07) is 21.3. The largest absolute Gasteiger partial charge is 0.352 e. The summed E-state index contributed by atoms with van der Waals surface area (Å²) in [7, 11) is 0. The van der Waals surface area contributed by atoms with Crippen LogP contribution in [0.2, 0.25) is 15.1 Å². The smallest absolute Gasteiger partial charge is 0.243 e. The van der Waals surface area contributed by atoms with Gasteiger partial charge in [-0.25, -0.2) is 0 Å². The minimum atomic E-state index is -0.735. The molecule has 0 unspecified atom stereocenters. The maximum Gasteiger partial charge on any atom is 0.243 e. The van der Waals surface area contributed by atoms with Crippen LogP contribution in [-0.4, -0.2) is 28.8 Å². The van der Waals surface area contributed by atoms with Gasteiger partial charge >= 0.3 is 0 Å². The average Bonchev–Trinajstić information content (AvgIpc) is 2.84. The summed E-state index contributed by atoms with van der Waals surface area (Å²) in [5, 5.41) is 4.50. The summed E-state index contributed by atoms with van der Waals surface area (Å²) in [4.78, 5) is 28.9. The molecule has 0 saturated carbocycles. The van der Waals surface area contributed by atoms with Gasteiger partial charge in [-0.15, -0.1) is 0 Å². The van der Waals surface area contributed by atoms with Gasteiger partial charge in [-0.05, 0) is 48.2 Å². The molecule has 0 aliphatic rings. The summed E-state index contributed by atoms with van der Waals surface area (Å²) in [5.74, 6) is -0.430. The molecule has 3 aromatic carbocycles. The van der Waals surface area contributed by atoms with Crippen molar-refractivity contribution in [1.29, 1.82) is 0 Å². The Balaban J connectivity index is 2.00. The summed E-state index contributed by atoms with van der Waals surface area (Å²) in [5.41, 5.74) is 2.36. The Kier molecular flexibility index (Phi) is 10.0. The van der Waals surface area contributed by atoms with Gasteiger partial charge in [-0.2, -0.15) is 0 Å². The highest BCUT2D eigenvalue weighted by Crippen LogP contribution is 2.25. The van der Waals surface area contributed by atoms with Crippen LogP contribution in [0.1, 0.15) is 37.0 Å². The SMILES string of the molecule is CC[C@H](C)NC(=O)[C@H](Cc1ccccc1)N(Cc1ccccc1Cl)C(=O)Cc1ccc(Cl)cc1Cl. The normalized spacial score (nSPS) is 12.6. The zero-order valence-corrected chi connectivity index (χ0v) is 22.1. The second-order valence-corrected chi connectivity index (χ2v) is 9.80. The van der Waals surface area contributed by atoms with E-state index in [0.717, 1.165) is 17.5 Å². The lowest BCUT2D eigenvalue weighted by atomic mass is 10.0. The maximum absolute atomic E-state index is 13.8. The molecule has 0 aliphatic carbocycles. The number of benzene rings is 3. The number of nitrogens with one attached hydrogen (secondary N) is 1. The zero-order valence-electron chi connectivity index (χ0n) is 19.8. The molecule has 0 fully saturated rings. The second-order valence-electron chi connectivity index (χ2n) is 8.55. The third-order valence-corrected chi connectivity index (χ3v) is 6.88. The number of amides is 2. The minimum Gasteiger partial charge on any atom is -0.352 e. The van der Waals surface area contributed by atoms with Gasteiger partial charge in [0, 0.05) is 34.1 Å². The molecule has 184 valence electrons. The minimum absolute atomic E-state index is 0.0243. The number of hydrogen-bond donors (Lipinski definition) is 1. The third kappa shape index (κ3) is 7.73.